The lowest BCUT2D eigenvalue weighted by Gasteiger charge is -2.11. The van der Waals surface area contributed by atoms with Crippen LogP contribution >= 0.6 is 27.5 Å². The van der Waals surface area contributed by atoms with Crippen LogP contribution in [0.1, 0.15) is 11.1 Å². The molecule has 0 atom stereocenters. The van der Waals surface area contributed by atoms with Gasteiger partial charge < -0.3 is 4.74 Å². The quantitative estimate of drug-likeness (QED) is 0.488. The molecular weight excluding hydrogens is 348 g/mol. The largest absolute Gasteiger partial charge is 0.456 e. The summed E-state index contributed by atoms with van der Waals surface area (Å²) in [6, 6.07) is 18.2. The highest BCUT2D eigenvalue weighted by atomic mass is 79.9. The Kier molecular flexibility index (Phi) is 4.18. The van der Waals surface area contributed by atoms with Gasteiger partial charge in [-0.05, 0) is 63.0 Å². The molecule has 0 aliphatic heterocycles. The van der Waals surface area contributed by atoms with Gasteiger partial charge in [-0.15, -0.1) is 11.6 Å². The van der Waals surface area contributed by atoms with Gasteiger partial charge in [-0.1, -0.05) is 36.4 Å². The minimum absolute atomic E-state index is 0.520. The first-order valence-corrected chi connectivity index (χ1v) is 8.02. The average Bonchev–Trinajstić information content (AvgIpc) is 2.51. The van der Waals surface area contributed by atoms with Gasteiger partial charge in [0.05, 0.1) is 4.47 Å². The molecule has 0 radical (unpaired) electrons. The van der Waals surface area contributed by atoms with Crippen molar-refractivity contribution in [2.24, 2.45) is 0 Å². The van der Waals surface area contributed by atoms with Crippen LogP contribution < -0.4 is 4.74 Å². The predicted molar refractivity (Wildman–Crippen MR) is 92.5 cm³/mol. The zero-order chi connectivity index (χ0) is 14.8. The standard InChI is InChI=1S/C18H14BrClO/c1-12-10-15(8-6-14(12)11-20)21-17-9-7-13-4-2-3-5-16(13)18(17)19/h2-10H,11H2,1H3. The molecule has 0 aromatic heterocycles. The zero-order valence-corrected chi connectivity index (χ0v) is 13.9. The minimum Gasteiger partial charge on any atom is -0.456 e. The third-order valence-electron chi connectivity index (χ3n) is 3.51. The number of fused-ring (bicyclic) bond motifs is 1. The maximum atomic E-state index is 6.01. The number of benzene rings is 3. The maximum Gasteiger partial charge on any atom is 0.142 e. The second kappa shape index (κ2) is 6.08. The van der Waals surface area contributed by atoms with Gasteiger partial charge in [0.15, 0.2) is 0 Å². The Morgan fingerprint density at radius 2 is 1.86 bits per heavy atom. The molecule has 3 aromatic rings. The van der Waals surface area contributed by atoms with E-state index in [0.717, 1.165) is 32.5 Å². The number of alkyl halides is 1. The molecule has 106 valence electrons. The SMILES string of the molecule is Cc1cc(Oc2ccc3ccccc3c2Br)ccc1CCl. The van der Waals surface area contributed by atoms with E-state index in [-0.39, 0.29) is 0 Å². The zero-order valence-electron chi connectivity index (χ0n) is 11.6. The fraction of sp³-hybridized carbons (Fsp3) is 0.111. The lowest BCUT2D eigenvalue weighted by atomic mass is 10.1. The van der Waals surface area contributed by atoms with E-state index in [0.29, 0.717) is 5.88 Å². The number of hydrogen-bond donors (Lipinski definition) is 0. The molecule has 0 bridgehead atoms. The number of halogens is 2. The Balaban J connectivity index is 1.98. The maximum absolute atomic E-state index is 6.01. The smallest absolute Gasteiger partial charge is 0.142 e. The van der Waals surface area contributed by atoms with Crippen molar-refractivity contribution in [2.75, 3.05) is 0 Å². The number of ether oxygens (including phenoxy) is 1. The van der Waals surface area contributed by atoms with Gasteiger partial charge in [-0.2, -0.15) is 0 Å². The molecule has 0 heterocycles. The second-order valence-corrected chi connectivity index (χ2v) is 5.98. The molecule has 0 saturated heterocycles. The van der Waals surface area contributed by atoms with Gasteiger partial charge in [-0.25, -0.2) is 0 Å². The van der Waals surface area contributed by atoms with Crippen molar-refractivity contribution < 1.29 is 4.74 Å². The van der Waals surface area contributed by atoms with E-state index in [4.69, 9.17) is 16.3 Å². The second-order valence-electron chi connectivity index (χ2n) is 4.92. The Bertz CT molecular complexity index is 798. The Labute approximate surface area is 137 Å². The first-order chi connectivity index (χ1) is 10.2. The van der Waals surface area contributed by atoms with Crippen LogP contribution in [0.15, 0.2) is 59.1 Å². The molecule has 3 heteroatoms. The molecule has 0 unspecified atom stereocenters. The van der Waals surface area contributed by atoms with Gasteiger partial charge in [0.25, 0.3) is 0 Å². The monoisotopic (exact) mass is 360 g/mol. The third-order valence-corrected chi connectivity index (χ3v) is 4.62. The van der Waals surface area contributed by atoms with E-state index >= 15 is 0 Å². The lowest BCUT2D eigenvalue weighted by Crippen LogP contribution is -1.90. The summed E-state index contributed by atoms with van der Waals surface area (Å²) in [5, 5.41) is 2.33. The molecule has 0 aliphatic carbocycles. The van der Waals surface area contributed by atoms with Crippen molar-refractivity contribution in [3.8, 4) is 11.5 Å². The highest BCUT2D eigenvalue weighted by Crippen LogP contribution is 2.36. The average molecular weight is 362 g/mol. The number of rotatable bonds is 3. The van der Waals surface area contributed by atoms with Gasteiger partial charge in [-0.3, -0.25) is 0 Å². The molecule has 3 aromatic carbocycles. The Morgan fingerprint density at radius 1 is 1.05 bits per heavy atom. The fourth-order valence-corrected chi connectivity index (χ4v) is 3.18. The number of aryl methyl sites for hydroxylation is 1. The number of hydrogen-bond acceptors (Lipinski definition) is 1. The summed E-state index contributed by atoms with van der Waals surface area (Å²) < 4.78 is 6.98. The van der Waals surface area contributed by atoms with Crippen LogP contribution in [0.3, 0.4) is 0 Å². The molecule has 21 heavy (non-hydrogen) atoms. The van der Waals surface area contributed by atoms with Gasteiger partial charge in [0.2, 0.25) is 0 Å². The van der Waals surface area contributed by atoms with E-state index in [1.807, 2.05) is 43.3 Å². The van der Waals surface area contributed by atoms with Crippen molar-refractivity contribution in [1.82, 2.24) is 0 Å². The van der Waals surface area contributed by atoms with Gasteiger partial charge in [0, 0.05) is 5.88 Å². The van der Waals surface area contributed by atoms with Crippen LogP contribution in [0, 0.1) is 6.92 Å². The highest BCUT2D eigenvalue weighted by Gasteiger charge is 2.08. The van der Waals surface area contributed by atoms with E-state index in [1.165, 1.54) is 5.39 Å². The van der Waals surface area contributed by atoms with Crippen LogP contribution in [0.4, 0.5) is 0 Å². The summed E-state index contributed by atoms with van der Waals surface area (Å²) in [5.74, 6) is 2.15. The molecule has 0 amide bonds. The lowest BCUT2D eigenvalue weighted by molar-refractivity contribution is 0.480. The molecule has 0 spiro atoms. The predicted octanol–water partition coefficient (Wildman–Crippen LogP) is 6.44. The van der Waals surface area contributed by atoms with Gasteiger partial charge >= 0.3 is 0 Å². The Hall–Kier alpha value is -1.51. The molecule has 0 N–H and O–H groups in total. The van der Waals surface area contributed by atoms with E-state index < -0.39 is 0 Å². The van der Waals surface area contributed by atoms with Crippen LogP contribution in [-0.2, 0) is 5.88 Å². The van der Waals surface area contributed by atoms with Crippen molar-refractivity contribution in [3.05, 3.63) is 70.2 Å². The first kappa shape index (κ1) is 14.4. The van der Waals surface area contributed by atoms with Crippen molar-refractivity contribution >= 4 is 38.3 Å². The molecule has 0 fully saturated rings. The molecule has 1 nitrogen and oxygen atoms in total. The normalized spacial score (nSPS) is 10.8. The summed E-state index contributed by atoms with van der Waals surface area (Å²) >= 11 is 9.53. The Morgan fingerprint density at radius 3 is 2.62 bits per heavy atom. The van der Waals surface area contributed by atoms with Crippen LogP contribution in [0.2, 0.25) is 0 Å². The molecule has 0 saturated carbocycles. The molecule has 0 aliphatic rings. The summed E-state index contributed by atoms with van der Waals surface area (Å²) in [4.78, 5) is 0. The van der Waals surface area contributed by atoms with Crippen molar-refractivity contribution in [1.29, 1.82) is 0 Å². The topological polar surface area (TPSA) is 9.23 Å². The van der Waals surface area contributed by atoms with Crippen molar-refractivity contribution in [2.45, 2.75) is 12.8 Å². The van der Waals surface area contributed by atoms with Crippen LogP contribution in [0.25, 0.3) is 10.8 Å². The summed E-state index contributed by atoms with van der Waals surface area (Å²) in [5.41, 5.74) is 2.26. The highest BCUT2D eigenvalue weighted by molar-refractivity contribution is 9.10. The third kappa shape index (κ3) is 2.92. The first-order valence-electron chi connectivity index (χ1n) is 6.69. The van der Waals surface area contributed by atoms with Crippen LogP contribution in [-0.4, -0.2) is 0 Å². The minimum atomic E-state index is 0.520. The van der Waals surface area contributed by atoms with E-state index in [9.17, 15) is 0 Å². The van der Waals surface area contributed by atoms with Crippen molar-refractivity contribution in [3.63, 3.8) is 0 Å². The van der Waals surface area contributed by atoms with Gasteiger partial charge in [0.1, 0.15) is 11.5 Å². The summed E-state index contributed by atoms with van der Waals surface area (Å²) in [6.07, 6.45) is 0. The van der Waals surface area contributed by atoms with E-state index in [2.05, 4.69) is 34.1 Å². The summed E-state index contributed by atoms with van der Waals surface area (Å²) in [7, 11) is 0. The molecule has 3 rings (SSSR count). The fourth-order valence-electron chi connectivity index (χ4n) is 2.30. The molecular formula is C18H14BrClO. The summed E-state index contributed by atoms with van der Waals surface area (Å²) in [6.45, 7) is 2.04. The van der Waals surface area contributed by atoms with E-state index in [1.54, 1.807) is 0 Å². The van der Waals surface area contributed by atoms with Crippen LogP contribution in [0.5, 0.6) is 11.5 Å².